The Bertz CT molecular complexity index is 106. The molecule has 0 aromatic carbocycles. The molecule has 2 atom stereocenters. The van der Waals surface area contributed by atoms with Crippen LogP contribution in [0.3, 0.4) is 0 Å². The van der Waals surface area contributed by atoms with E-state index >= 15 is 0 Å². The van der Waals surface area contributed by atoms with Gasteiger partial charge in [-0.3, -0.25) is 0 Å². The molecule has 1 rings (SSSR count). The molecule has 0 unspecified atom stereocenters. The van der Waals surface area contributed by atoms with E-state index in [4.69, 9.17) is 0 Å². The van der Waals surface area contributed by atoms with Gasteiger partial charge in [0.1, 0.15) is 0 Å². The molecule has 0 heterocycles. The van der Waals surface area contributed by atoms with Crippen LogP contribution in [-0.4, -0.2) is 22.4 Å². The van der Waals surface area contributed by atoms with Gasteiger partial charge in [-0.2, -0.15) is 0 Å². The summed E-state index contributed by atoms with van der Waals surface area (Å²) in [7, 11) is 0. The Morgan fingerprint density at radius 2 is 1.30 bits per heavy atom. The van der Waals surface area contributed by atoms with Crippen molar-refractivity contribution in [2.75, 3.05) is 0 Å². The van der Waals surface area contributed by atoms with Crippen molar-refractivity contribution in [1.82, 2.24) is 0 Å². The summed E-state index contributed by atoms with van der Waals surface area (Å²) in [4.78, 5) is 0. The molecule has 2 nitrogen and oxygen atoms in total. The summed E-state index contributed by atoms with van der Waals surface area (Å²) < 4.78 is 0. The van der Waals surface area contributed by atoms with Gasteiger partial charge in [0.05, 0.1) is 12.2 Å². The van der Waals surface area contributed by atoms with E-state index in [0.29, 0.717) is 12.8 Å². The fourth-order valence-electron chi connectivity index (χ4n) is 1.15. The van der Waals surface area contributed by atoms with Crippen LogP contribution in [0.1, 0.15) is 25.7 Å². The van der Waals surface area contributed by atoms with Crippen molar-refractivity contribution in [3.8, 4) is 0 Å². The van der Waals surface area contributed by atoms with Gasteiger partial charge in [0.15, 0.2) is 0 Å². The molecule has 0 bridgehead atoms. The lowest BCUT2D eigenvalue weighted by Gasteiger charge is -2.17. The van der Waals surface area contributed by atoms with Gasteiger partial charge in [-0.1, -0.05) is 12.2 Å². The zero-order valence-corrected chi connectivity index (χ0v) is 6.03. The molecule has 0 saturated heterocycles. The van der Waals surface area contributed by atoms with Gasteiger partial charge in [0.2, 0.25) is 0 Å². The molecule has 1 aliphatic carbocycles. The first-order valence-electron chi connectivity index (χ1n) is 3.82. The fourth-order valence-corrected chi connectivity index (χ4v) is 1.15. The summed E-state index contributed by atoms with van der Waals surface area (Å²) in [5.74, 6) is 0. The number of hydrogen-bond donors (Lipinski definition) is 2. The van der Waals surface area contributed by atoms with Gasteiger partial charge in [-0.15, -0.1) is 0 Å². The quantitative estimate of drug-likeness (QED) is 0.492. The fraction of sp³-hybridized carbons (Fsp3) is 0.750. The number of allylic oxidation sites excluding steroid dienone is 2. The Morgan fingerprint density at radius 3 is 1.70 bits per heavy atom. The lowest BCUT2D eigenvalue weighted by atomic mass is 10.0. The van der Waals surface area contributed by atoms with Gasteiger partial charge in [-0.25, -0.2) is 0 Å². The molecule has 2 heteroatoms. The molecule has 2 N–H and O–H groups in total. The maximum Gasteiger partial charge on any atom is 0.0802 e. The van der Waals surface area contributed by atoms with E-state index in [-0.39, 0.29) is 0 Å². The maximum absolute atomic E-state index is 9.20. The Balaban J connectivity index is 2.40. The first kappa shape index (κ1) is 7.76. The molecule has 0 radical (unpaired) electrons. The van der Waals surface area contributed by atoms with Crippen LogP contribution in [0.4, 0.5) is 0 Å². The molecule has 0 aliphatic heterocycles. The van der Waals surface area contributed by atoms with Crippen molar-refractivity contribution in [2.45, 2.75) is 37.9 Å². The molecule has 58 valence electrons. The van der Waals surface area contributed by atoms with E-state index < -0.39 is 12.2 Å². The van der Waals surface area contributed by atoms with Crippen molar-refractivity contribution >= 4 is 0 Å². The molecule has 0 aromatic heterocycles. The van der Waals surface area contributed by atoms with Gasteiger partial charge >= 0.3 is 0 Å². The average Bonchev–Trinajstić information content (AvgIpc) is 1.92. The molecule has 10 heavy (non-hydrogen) atoms. The maximum atomic E-state index is 9.20. The summed E-state index contributed by atoms with van der Waals surface area (Å²) in [5.41, 5.74) is 0. The SMILES string of the molecule is O[C@H]1CCC=CCC[C@@H]1O. The van der Waals surface area contributed by atoms with Crippen molar-refractivity contribution in [3.63, 3.8) is 0 Å². The van der Waals surface area contributed by atoms with Crippen molar-refractivity contribution < 1.29 is 10.2 Å². The average molecular weight is 142 g/mol. The smallest absolute Gasteiger partial charge is 0.0802 e. The zero-order valence-electron chi connectivity index (χ0n) is 6.03. The largest absolute Gasteiger partial charge is 0.390 e. The van der Waals surface area contributed by atoms with Crippen LogP contribution in [-0.2, 0) is 0 Å². The van der Waals surface area contributed by atoms with Crippen LogP contribution < -0.4 is 0 Å². The lowest BCUT2D eigenvalue weighted by Crippen LogP contribution is -2.25. The van der Waals surface area contributed by atoms with Crippen molar-refractivity contribution in [2.24, 2.45) is 0 Å². The number of aliphatic hydroxyl groups excluding tert-OH is 2. The topological polar surface area (TPSA) is 40.5 Å². The predicted molar refractivity (Wildman–Crippen MR) is 39.6 cm³/mol. The van der Waals surface area contributed by atoms with E-state index in [2.05, 4.69) is 12.2 Å². The second kappa shape index (κ2) is 3.74. The van der Waals surface area contributed by atoms with Crippen LogP contribution >= 0.6 is 0 Å². The van der Waals surface area contributed by atoms with Crippen LogP contribution in [0.5, 0.6) is 0 Å². The Morgan fingerprint density at radius 1 is 0.900 bits per heavy atom. The highest BCUT2D eigenvalue weighted by Gasteiger charge is 2.15. The monoisotopic (exact) mass is 142 g/mol. The Labute approximate surface area is 61.2 Å². The zero-order chi connectivity index (χ0) is 7.40. The second-order valence-corrected chi connectivity index (χ2v) is 2.76. The number of hydrogen-bond acceptors (Lipinski definition) is 2. The summed E-state index contributed by atoms with van der Waals surface area (Å²) >= 11 is 0. The molecule has 0 amide bonds. The predicted octanol–water partition coefficient (Wildman–Crippen LogP) is 0.838. The summed E-state index contributed by atoms with van der Waals surface area (Å²) in [5, 5.41) is 18.4. The van der Waals surface area contributed by atoms with Gasteiger partial charge in [-0.05, 0) is 25.7 Å². The third-order valence-corrected chi connectivity index (χ3v) is 1.87. The third kappa shape index (κ3) is 2.12. The van der Waals surface area contributed by atoms with Crippen molar-refractivity contribution in [3.05, 3.63) is 12.2 Å². The number of aliphatic hydroxyl groups is 2. The Kier molecular flexibility index (Phi) is 2.90. The van der Waals surface area contributed by atoms with Crippen LogP contribution in [0.25, 0.3) is 0 Å². The van der Waals surface area contributed by atoms with E-state index in [1.165, 1.54) is 0 Å². The van der Waals surface area contributed by atoms with E-state index in [9.17, 15) is 10.2 Å². The summed E-state index contributed by atoms with van der Waals surface area (Å²) in [6, 6.07) is 0. The molecular weight excluding hydrogens is 128 g/mol. The third-order valence-electron chi connectivity index (χ3n) is 1.87. The standard InChI is InChI=1S/C8H14O2/c9-7-5-3-1-2-4-6-8(7)10/h1-2,7-10H,3-6H2/t7-,8-/m0/s1. The normalized spacial score (nSPS) is 35.0. The number of rotatable bonds is 0. The molecule has 0 spiro atoms. The van der Waals surface area contributed by atoms with E-state index in [1.807, 2.05) is 0 Å². The van der Waals surface area contributed by atoms with Gasteiger partial charge in [0.25, 0.3) is 0 Å². The minimum Gasteiger partial charge on any atom is -0.390 e. The van der Waals surface area contributed by atoms with E-state index in [0.717, 1.165) is 12.8 Å². The molecular formula is C8H14O2. The Hall–Kier alpha value is -0.340. The molecule has 0 aromatic rings. The summed E-state index contributed by atoms with van der Waals surface area (Å²) in [6.45, 7) is 0. The van der Waals surface area contributed by atoms with Crippen LogP contribution in [0.2, 0.25) is 0 Å². The van der Waals surface area contributed by atoms with Crippen LogP contribution in [0, 0.1) is 0 Å². The first-order valence-corrected chi connectivity index (χ1v) is 3.82. The molecule has 0 fully saturated rings. The minimum absolute atomic E-state index is 0.509. The highest BCUT2D eigenvalue weighted by molar-refractivity contribution is 4.87. The minimum atomic E-state index is -0.509. The second-order valence-electron chi connectivity index (χ2n) is 2.76. The van der Waals surface area contributed by atoms with E-state index in [1.54, 1.807) is 0 Å². The summed E-state index contributed by atoms with van der Waals surface area (Å²) in [6.07, 6.45) is 6.27. The molecule has 1 aliphatic rings. The first-order chi connectivity index (χ1) is 4.80. The van der Waals surface area contributed by atoms with Crippen LogP contribution in [0.15, 0.2) is 12.2 Å². The highest BCUT2D eigenvalue weighted by atomic mass is 16.3. The lowest BCUT2D eigenvalue weighted by molar-refractivity contribution is 0.0101. The van der Waals surface area contributed by atoms with Crippen molar-refractivity contribution in [1.29, 1.82) is 0 Å². The van der Waals surface area contributed by atoms with Gasteiger partial charge < -0.3 is 10.2 Å². The molecule has 0 saturated carbocycles. The highest BCUT2D eigenvalue weighted by Crippen LogP contribution is 2.12. The van der Waals surface area contributed by atoms with Gasteiger partial charge in [0, 0.05) is 0 Å².